The standard InChI is InChI=1S/C6H11N3OS/c10-6(11)3-1-2-5-4-7-9-8-5/h4,6,10-11H,1-3H2,(H,7,8,9). The normalized spacial score (nSPS) is 13.3. The molecule has 1 unspecified atom stereocenters. The molecule has 0 aliphatic heterocycles. The number of nitrogens with zero attached hydrogens (tertiary/aromatic N) is 2. The molecule has 4 nitrogen and oxygen atoms in total. The Balaban J connectivity index is 2.14. The number of aromatic amines is 1. The Hall–Kier alpha value is -0.550. The van der Waals surface area contributed by atoms with E-state index in [4.69, 9.17) is 5.11 Å². The van der Waals surface area contributed by atoms with Gasteiger partial charge in [0.05, 0.1) is 11.1 Å². The molecular weight excluding hydrogens is 162 g/mol. The SMILES string of the molecule is OC(S)CCCc1c[nH]nn1. The average Bonchev–Trinajstić information content (AvgIpc) is 2.39. The molecule has 5 heteroatoms. The molecule has 1 heterocycles. The molecule has 0 aliphatic rings. The summed E-state index contributed by atoms with van der Waals surface area (Å²) in [6.45, 7) is 0. The van der Waals surface area contributed by atoms with Gasteiger partial charge in [0.2, 0.25) is 0 Å². The van der Waals surface area contributed by atoms with E-state index in [0.717, 1.165) is 18.5 Å². The second-order valence-corrected chi connectivity index (χ2v) is 2.93. The highest BCUT2D eigenvalue weighted by Gasteiger charge is 1.98. The Morgan fingerprint density at radius 2 is 2.55 bits per heavy atom. The highest BCUT2D eigenvalue weighted by atomic mass is 32.1. The van der Waals surface area contributed by atoms with Crippen LogP contribution in [-0.2, 0) is 6.42 Å². The molecule has 0 bridgehead atoms. The Bertz CT molecular complexity index is 188. The summed E-state index contributed by atoms with van der Waals surface area (Å²) in [7, 11) is 0. The third-order valence-electron chi connectivity index (χ3n) is 1.36. The zero-order valence-corrected chi connectivity index (χ0v) is 6.96. The van der Waals surface area contributed by atoms with E-state index in [0.29, 0.717) is 6.42 Å². The largest absolute Gasteiger partial charge is 0.383 e. The van der Waals surface area contributed by atoms with Crippen molar-refractivity contribution in [2.45, 2.75) is 24.7 Å². The van der Waals surface area contributed by atoms with Crippen LogP contribution in [0.4, 0.5) is 0 Å². The Morgan fingerprint density at radius 1 is 1.73 bits per heavy atom. The number of thiol groups is 1. The number of aliphatic hydroxyl groups excluding tert-OH is 1. The molecule has 1 aromatic heterocycles. The quantitative estimate of drug-likeness (QED) is 0.455. The van der Waals surface area contributed by atoms with Crippen molar-refractivity contribution in [2.24, 2.45) is 0 Å². The average molecular weight is 173 g/mol. The molecule has 0 saturated carbocycles. The maximum absolute atomic E-state index is 8.80. The van der Waals surface area contributed by atoms with Crippen LogP contribution in [0.2, 0.25) is 0 Å². The van der Waals surface area contributed by atoms with Crippen molar-refractivity contribution in [3.63, 3.8) is 0 Å². The summed E-state index contributed by atoms with van der Waals surface area (Å²) in [5.41, 5.74) is 0.417. The molecule has 0 radical (unpaired) electrons. The van der Waals surface area contributed by atoms with Gasteiger partial charge in [0, 0.05) is 6.20 Å². The second-order valence-electron chi connectivity index (χ2n) is 2.34. The fourth-order valence-electron chi connectivity index (χ4n) is 0.813. The lowest BCUT2D eigenvalue weighted by Gasteiger charge is -1.99. The van der Waals surface area contributed by atoms with Crippen LogP contribution in [-0.4, -0.2) is 26.0 Å². The van der Waals surface area contributed by atoms with Gasteiger partial charge in [0.15, 0.2) is 0 Å². The molecule has 1 aromatic rings. The van der Waals surface area contributed by atoms with E-state index in [9.17, 15) is 0 Å². The van der Waals surface area contributed by atoms with E-state index >= 15 is 0 Å². The highest BCUT2D eigenvalue weighted by molar-refractivity contribution is 7.80. The van der Waals surface area contributed by atoms with Crippen LogP contribution in [0.3, 0.4) is 0 Å². The lowest BCUT2D eigenvalue weighted by molar-refractivity contribution is 0.251. The van der Waals surface area contributed by atoms with Crippen LogP contribution in [0.25, 0.3) is 0 Å². The zero-order chi connectivity index (χ0) is 8.10. The van der Waals surface area contributed by atoms with Gasteiger partial charge in [0.25, 0.3) is 0 Å². The molecule has 11 heavy (non-hydrogen) atoms. The van der Waals surface area contributed by atoms with Gasteiger partial charge in [-0.2, -0.15) is 0 Å². The molecule has 0 aromatic carbocycles. The third-order valence-corrected chi connectivity index (χ3v) is 1.62. The van der Waals surface area contributed by atoms with Gasteiger partial charge < -0.3 is 5.11 Å². The van der Waals surface area contributed by atoms with Gasteiger partial charge in [-0.25, -0.2) is 0 Å². The summed E-state index contributed by atoms with van der Waals surface area (Å²) >= 11 is 3.84. The van der Waals surface area contributed by atoms with Gasteiger partial charge in [0.1, 0.15) is 0 Å². The van der Waals surface area contributed by atoms with Crippen LogP contribution in [0, 0.1) is 0 Å². The molecule has 2 N–H and O–H groups in total. The monoisotopic (exact) mass is 173 g/mol. The third kappa shape index (κ3) is 3.38. The number of aryl methyl sites for hydroxylation is 1. The van der Waals surface area contributed by atoms with E-state index < -0.39 is 5.44 Å². The maximum Gasteiger partial charge on any atom is 0.0964 e. The summed E-state index contributed by atoms with van der Waals surface area (Å²) in [5, 5.41) is 18.8. The molecule has 62 valence electrons. The number of hydrogen-bond donors (Lipinski definition) is 3. The highest BCUT2D eigenvalue weighted by Crippen LogP contribution is 2.04. The Morgan fingerprint density at radius 3 is 3.09 bits per heavy atom. The number of hydrogen-bond acceptors (Lipinski definition) is 4. The van der Waals surface area contributed by atoms with Crippen LogP contribution >= 0.6 is 12.6 Å². The molecular formula is C6H11N3OS. The molecule has 0 aliphatic carbocycles. The minimum absolute atomic E-state index is 0.512. The van der Waals surface area contributed by atoms with Gasteiger partial charge in [-0.1, -0.05) is 5.21 Å². The molecule has 0 fully saturated rings. The fraction of sp³-hybridized carbons (Fsp3) is 0.667. The zero-order valence-electron chi connectivity index (χ0n) is 6.06. The first-order valence-corrected chi connectivity index (χ1v) is 4.02. The summed E-state index contributed by atoms with van der Waals surface area (Å²) in [6.07, 6.45) is 4.17. The van der Waals surface area contributed by atoms with Crippen molar-refractivity contribution in [3.8, 4) is 0 Å². The van der Waals surface area contributed by atoms with Crippen molar-refractivity contribution in [3.05, 3.63) is 11.9 Å². The first-order chi connectivity index (χ1) is 5.29. The molecule has 1 rings (SSSR count). The summed E-state index contributed by atoms with van der Waals surface area (Å²) in [4.78, 5) is 0. The van der Waals surface area contributed by atoms with Crippen molar-refractivity contribution < 1.29 is 5.11 Å². The number of rotatable bonds is 4. The van der Waals surface area contributed by atoms with E-state index in [-0.39, 0.29) is 0 Å². The van der Waals surface area contributed by atoms with Crippen LogP contribution in [0.15, 0.2) is 6.20 Å². The fourth-order valence-corrected chi connectivity index (χ4v) is 0.996. The second kappa shape index (κ2) is 4.35. The van der Waals surface area contributed by atoms with Crippen molar-refractivity contribution >= 4 is 12.6 Å². The van der Waals surface area contributed by atoms with Gasteiger partial charge >= 0.3 is 0 Å². The lowest BCUT2D eigenvalue weighted by atomic mass is 10.2. The number of H-pyrrole nitrogens is 1. The molecule has 1 atom stereocenters. The summed E-state index contributed by atoms with van der Waals surface area (Å²) < 4.78 is 0. The molecule has 0 amide bonds. The lowest BCUT2D eigenvalue weighted by Crippen LogP contribution is -1.96. The minimum Gasteiger partial charge on any atom is -0.383 e. The van der Waals surface area contributed by atoms with E-state index in [1.165, 1.54) is 0 Å². The first-order valence-electron chi connectivity index (χ1n) is 3.50. The summed E-state index contributed by atoms with van der Waals surface area (Å²) in [6, 6.07) is 0. The van der Waals surface area contributed by atoms with Crippen molar-refractivity contribution in [2.75, 3.05) is 0 Å². The Kier molecular flexibility index (Phi) is 3.38. The first kappa shape index (κ1) is 8.55. The number of aliphatic hydroxyl groups is 1. The smallest absolute Gasteiger partial charge is 0.0964 e. The van der Waals surface area contributed by atoms with Crippen LogP contribution in [0.5, 0.6) is 0 Å². The minimum atomic E-state index is -0.512. The van der Waals surface area contributed by atoms with Crippen LogP contribution in [0.1, 0.15) is 18.5 Å². The molecule has 0 spiro atoms. The Labute approximate surface area is 70.4 Å². The van der Waals surface area contributed by atoms with Gasteiger partial charge in [-0.15, -0.1) is 17.7 Å². The van der Waals surface area contributed by atoms with E-state index in [1.54, 1.807) is 6.20 Å². The topological polar surface area (TPSA) is 61.8 Å². The number of aromatic nitrogens is 3. The van der Waals surface area contributed by atoms with Crippen molar-refractivity contribution in [1.82, 2.24) is 15.4 Å². The van der Waals surface area contributed by atoms with E-state index in [1.807, 2.05) is 0 Å². The van der Waals surface area contributed by atoms with Gasteiger partial charge in [-0.05, 0) is 19.3 Å². The molecule has 0 saturated heterocycles. The predicted molar refractivity (Wildman–Crippen MR) is 44.3 cm³/mol. The van der Waals surface area contributed by atoms with Crippen molar-refractivity contribution in [1.29, 1.82) is 0 Å². The van der Waals surface area contributed by atoms with E-state index in [2.05, 4.69) is 28.0 Å². The maximum atomic E-state index is 8.80. The summed E-state index contributed by atoms with van der Waals surface area (Å²) in [5.74, 6) is 0. The number of nitrogens with one attached hydrogen (secondary N) is 1. The van der Waals surface area contributed by atoms with Gasteiger partial charge in [-0.3, -0.25) is 5.10 Å². The van der Waals surface area contributed by atoms with Crippen LogP contribution < -0.4 is 0 Å². The predicted octanol–water partition coefficient (Wildman–Crippen LogP) is 0.376.